The van der Waals surface area contributed by atoms with Crippen LogP contribution in [-0.2, 0) is 0 Å². The van der Waals surface area contributed by atoms with Gasteiger partial charge in [0.2, 0.25) is 0 Å². The number of nitrogens with two attached hydrogens (primary N) is 1. The number of hydrogen-bond acceptors (Lipinski definition) is 1. The number of rotatable bonds is 3. The van der Waals surface area contributed by atoms with E-state index in [1.165, 1.54) is 6.34 Å². The summed E-state index contributed by atoms with van der Waals surface area (Å²) in [7, 11) is 0. The van der Waals surface area contributed by atoms with E-state index in [9.17, 15) is 0 Å². The van der Waals surface area contributed by atoms with E-state index < -0.39 is 0 Å². The topological polar surface area (TPSA) is 38.4 Å². The summed E-state index contributed by atoms with van der Waals surface area (Å²) < 4.78 is 0. The van der Waals surface area contributed by atoms with Crippen molar-refractivity contribution in [2.75, 3.05) is 5.88 Å². The van der Waals surface area contributed by atoms with Crippen molar-refractivity contribution < 1.29 is 0 Å². The minimum atomic E-state index is 0.371. The average Bonchev–Trinajstić information content (AvgIpc) is 1.89. The maximum atomic E-state index is 5.50. The lowest BCUT2D eigenvalue weighted by molar-refractivity contribution is 0.838. The Balaban J connectivity index is 3.43. The van der Waals surface area contributed by atoms with Crippen LogP contribution in [0.1, 0.15) is 6.92 Å². The lowest BCUT2D eigenvalue weighted by Gasteiger charge is -1.94. The average molecular weight is 147 g/mol. The summed E-state index contributed by atoms with van der Waals surface area (Å²) in [5.41, 5.74) is 4.98. The first kappa shape index (κ1) is 8.50. The third kappa shape index (κ3) is 5.37. The second-order valence-electron chi connectivity index (χ2n) is 1.77. The largest absolute Gasteiger partial charge is 0.390 e. The van der Waals surface area contributed by atoms with Crippen molar-refractivity contribution in [1.82, 2.24) is 0 Å². The van der Waals surface area contributed by atoms with Crippen LogP contribution in [0.2, 0.25) is 0 Å². The molecule has 0 aromatic heterocycles. The van der Waals surface area contributed by atoms with E-state index >= 15 is 0 Å². The number of nitrogens with zero attached hydrogens (tertiary/aromatic N) is 1. The molecule has 2 nitrogen and oxygen atoms in total. The van der Waals surface area contributed by atoms with Crippen molar-refractivity contribution in [1.29, 1.82) is 0 Å². The van der Waals surface area contributed by atoms with E-state index in [1.54, 1.807) is 6.20 Å². The van der Waals surface area contributed by atoms with Gasteiger partial charge in [-0.2, -0.15) is 0 Å². The van der Waals surface area contributed by atoms with Crippen LogP contribution in [-0.4, -0.2) is 12.2 Å². The molecule has 2 N–H and O–H groups in total. The van der Waals surface area contributed by atoms with Crippen molar-refractivity contribution in [2.24, 2.45) is 16.6 Å². The normalized spacial score (nSPS) is 15.3. The summed E-state index contributed by atoms with van der Waals surface area (Å²) in [6, 6.07) is 0. The molecule has 0 aromatic rings. The van der Waals surface area contributed by atoms with Crippen LogP contribution >= 0.6 is 11.6 Å². The Kier molecular flexibility index (Phi) is 5.32. The van der Waals surface area contributed by atoms with Crippen LogP contribution in [0, 0.1) is 5.92 Å². The van der Waals surface area contributed by atoms with Crippen LogP contribution in [0.5, 0.6) is 0 Å². The van der Waals surface area contributed by atoms with Gasteiger partial charge >= 0.3 is 0 Å². The van der Waals surface area contributed by atoms with Crippen LogP contribution in [0.4, 0.5) is 0 Å². The first-order chi connectivity index (χ1) is 4.31. The molecular weight excluding hydrogens is 136 g/mol. The number of alkyl halides is 1. The number of aliphatic imine (C=N–C) groups is 1. The molecule has 9 heavy (non-hydrogen) atoms. The standard InChI is InChI=1S/C6H11ClN2/c1-6(4-7)2-3-9-5-8/h2-3,5-6H,4H2,1H3,(H2,8,9)/b3-2-/t6-/m0/s1. The molecule has 52 valence electrons. The van der Waals surface area contributed by atoms with E-state index in [2.05, 4.69) is 4.99 Å². The van der Waals surface area contributed by atoms with E-state index in [0.717, 1.165) is 0 Å². The molecule has 0 fully saturated rings. The summed E-state index contributed by atoms with van der Waals surface area (Å²) in [6.45, 7) is 2.01. The van der Waals surface area contributed by atoms with Crippen LogP contribution in [0.3, 0.4) is 0 Å². The van der Waals surface area contributed by atoms with Gasteiger partial charge in [0, 0.05) is 12.1 Å². The summed E-state index contributed by atoms with van der Waals surface area (Å²) >= 11 is 5.50. The van der Waals surface area contributed by atoms with Gasteiger partial charge in [-0.05, 0) is 5.92 Å². The smallest absolute Gasteiger partial charge is 0.0852 e. The fourth-order valence-electron chi connectivity index (χ4n) is 0.298. The number of halogens is 1. The Hall–Kier alpha value is -0.500. The third-order valence-corrected chi connectivity index (χ3v) is 1.32. The molecule has 0 aromatic carbocycles. The minimum Gasteiger partial charge on any atom is -0.390 e. The fourth-order valence-corrected chi connectivity index (χ4v) is 0.401. The molecule has 0 aliphatic heterocycles. The van der Waals surface area contributed by atoms with Crippen LogP contribution in [0.25, 0.3) is 0 Å². The molecule has 0 unspecified atom stereocenters. The highest BCUT2D eigenvalue weighted by atomic mass is 35.5. The molecule has 1 atom stereocenters. The fraction of sp³-hybridized carbons (Fsp3) is 0.500. The Labute approximate surface area is 60.4 Å². The van der Waals surface area contributed by atoms with Crippen molar-refractivity contribution >= 4 is 17.9 Å². The van der Waals surface area contributed by atoms with Gasteiger partial charge in [-0.3, -0.25) is 0 Å². The van der Waals surface area contributed by atoms with E-state index in [-0.39, 0.29) is 0 Å². The molecule has 0 heterocycles. The summed E-state index contributed by atoms with van der Waals surface area (Å²) in [6.07, 6.45) is 4.79. The highest BCUT2D eigenvalue weighted by Crippen LogP contribution is 1.98. The van der Waals surface area contributed by atoms with Gasteiger partial charge in [0.05, 0.1) is 6.34 Å². The Morgan fingerprint density at radius 3 is 2.89 bits per heavy atom. The monoisotopic (exact) mass is 146 g/mol. The van der Waals surface area contributed by atoms with Gasteiger partial charge in [0.1, 0.15) is 0 Å². The van der Waals surface area contributed by atoms with E-state index in [4.69, 9.17) is 17.3 Å². The molecule has 0 bridgehead atoms. The second kappa shape index (κ2) is 5.63. The molecule has 0 radical (unpaired) electrons. The Morgan fingerprint density at radius 1 is 1.78 bits per heavy atom. The van der Waals surface area contributed by atoms with Crippen molar-refractivity contribution in [3.05, 3.63) is 12.3 Å². The third-order valence-electron chi connectivity index (χ3n) is 0.830. The van der Waals surface area contributed by atoms with Crippen LogP contribution < -0.4 is 5.73 Å². The van der Waals surface area contributed by atoms with Crippen molar-refractivity contribution in [3.63, 3.8) is 0 Å². The molecular formula is C6H11ClN2. The Bertz CT molecular complexity index is 110. The lowest BCUT2D eigenvalue weighted by Crippen LogP contribution is -1.89. The van der Waals surface area contributed by atoms with Gasteiger partial charge in [0.15, 0.2) is 0 Å². The number of allylic oxidation sites excluding steroid dienone is 1. The molecule has 0 aliphatic carbocycles. The number of hydrogen-bond donors (Lipinski definition) is 1. The highest BCUT2D eigenvalue weighted by Gasteiger charge is 1.89. The lowest BCUT2D eigenvalue weighted by atomic mass is 10.2. The maximum absolute atomic E-state index is 5.50. The first-order valence-corrected chi connectivity index (χ1v) is 3.30. The van der Waals surface area contributed by atoms with Gasteiger partial charge in [-0.15, -0.1) is 11.6 Å². The zero-order chi connectivity index (χ0) is 7.11. The zero-order valence-corrected chi connectivity index (χ0v) is 6.17. The van der Waals surface area contributed by atoms with Gasteiger partial charge in [-0.1, -0.05) is 13.0 Å². The van der Waals surface area contributed by atoms with Crippen LogP contribution in [0.15, 0.2) is 17.3 Å². The van der Waals surface area contributed by atoms with Gasteiger partial charge in [0.25, 0.3) is 0 Å². The zero-order valence-electron chi connectivity index (χ0n) is 5.42. The quantitative estimate of drug-likeness (QED) is 0.365. The summed E-state index contributed by atoms with van der Waals surface area (Å²) in [5.74, 6) is 0.992. The highest BCUT2D eigenvalue weighted by molar-refractivity contribution is 6.18. The second-order valence-corrected chi connectivity index (χ2v) is 2.08. The molecule has 0 saturated heterocycles. The predicted octanol–water partition coefficient (Wildman–Crippen LogP) is 1.36. The summed E-state index contributed by atoms with van der Waals surface area (Å²) in [4.78, 5) is 3.67. The van der Waals surface area contributed by atoms with Crippen molar-refractivity contribution in [2.45, 2.75) is 6.92 Å². The van der Waals surface area contributed by atoms with E-state index in [0.29, 0.717) is 11.8 Å². The van der Waals surface area contributed by atoms with Gasteiger partial charge in [-0.25, -0.2) is 4.99 Å². The van der Waals surface area contributed by atoms with Gasteiger partial charge < -0.3 is 5.73 Å². The summed E-state index contributed by atoms with van der Waals surface area (Å²) in [5, 5.41) is 0. The predicted molar refractivity (Wildman–Crippen MR) is 41.7 cm³/mol. The molecule has 0 saturated carbocycles. The molecule has 0 aliphatic rings. The maximum Gasteiger partial charge on any atom is 0.0852 e. The molecule has 0 amide bonds. The van der Waals surface area contributed by atoms with E-state index in [1.807, 2.05) is 13.0 Å². The van der Waals surface area contributed by atoms with Crippen molar-refractivity contribution in [3.8, 4) is 0 Å². The minimum absolute atomic E-state index is 0.371. The molecule has 0 rings (SSSR count). The molecule has 3 heteroatoms. The molecule has 0 spiro atoms. The first-order valence-electron chi connectivity index (χ1n) is 2.77. The Morgan fingerprint density at radius 2 is 2.44 bits per heavy atom. The SMILES string of the molecule is C[C@@H](/C=C\N=CN)CCl.